The largest absolute Gasteiger partial charge is 0.472 e. The van der Waals surface area contributed by atoms with Gasteiger partial charge in [0.2, 0.25) is 0 Å². The molecule has 0 aliphatic rings. The van der Waals surface area contributed by atoms with Crippen LogP contribution in [-0.2, 0) is 42.2 Å². The van der Waals surface area contributed by atoms with E-state index >= 15 is 0 Å². The maximum absolute atomic E-state index is 12.9. The Kier molecular flexibility index (Phi) is 55.7. The number of carbonyl (C=O) groups is 3. The predicted molar refractivity (Wildman–Crippen MR) is 334 cm³/mol. The number of unbranched alkanes of at least 4 members (excludes halogenated alkanes) is 5. The van der Waals surface area contributed by atoms with E-state index in [1.165, 1.54) is 0 Å². The van der Waals surface area contributed by atoms with Gasteiger partial charge in [0.25, 0.3) is 0 Å². The summed E-state index contributed by atoms with van der Waals surface area (Å²) in [5, 5.41) is 9.82. The van der Waals surface area contributed by atoms with Crippen LogP contribution in [-0.4, -0.2) is 66.5 Å². The van der Waals surface area contributed by atoms with E-state index in [1.807, 2.05) is 12.2 Å². The van der Waals surface area contributed by atoms with Gasteiger partial charge in [0.1, 0.15) is 12.7 Å². The van der Waals surface area contributed by atoms with Crippen LogP contribution in [0.2, 0.25) is 0 Å². The van der Waals surface area contributed by atoms with Crippen LogP contribution in [0.15, 0.2) is 182 Å². The lowest BCUT2D eigenvalue weighted by atomic mass is 10.1. The molecule has 0 bridgehead atoms. The maximum Gasteiger partial charge on any atom is 0.472 e. The van der Waals surface area contributed by atoms with Gasteiger partial charge in [0.05, 0.1) is 19.8 Å². The molecule has 2 N–H and O–H groups in total. The molecule has 0 spiro atoms. The number of phosphoric acid groups is 1. The summed E-state index contributed by atoms with van der Waals surface area (Å²) in [5.41, 5.74) is 0. The van der Waals surface area contributed by atoms with Gasteiger partial charge in [-0.2, -0.15) is 0 Å². The second kappa shape index (κ2) is 59.7. The minimum absolute atomic E-state index is 0.0791. The van der Waals surface area contributed by atoms with Crippen LogP contribution < -0.4 is 0 Å². The van der Waals surface area contributed by atoms with Gasteiger partial charge in [-0.1, -0.05) is 209 Å². The molecule has 0 heterocycles. The fourth-order valence-electron chi connectivity index (χ4n) is 6.93. The van der Waals surface area contributed by atoms with E-state index in [4.69, 9.17) is 23.3 Å². The van der Waals surface area contributed by atoms with E-state index in [1.54, 1.807) is 0 Å². The molecule has 0 aliphatic carbocycles. The lowest BCUT2D eigenvalue weighted by molar-refractivity contribution is -0.161. The van der Waals surface area contributed by atoms with Crippen molar-refractivity contribution in [2.45, 2.75) is 200 Å². The molecule has 0 rings (SSSR count). The summed E-state index contributed by atoms with van der Waals surface area (Å²) in [7, 11) is -4.80. The Morgan fingerprint density at radius 1 is 0.350 bits per heavy atom. The number of aliphatic hydroxyl groups is 1. The van der Waals surface area contributed by atoms with Gasteiger partial charge in [0.15, 0.2) is 6.10 Å². The number of hydrogen-bond donors (Lipinski definition) is 2. The van der Waals surface area contributed by atoms with Crippen LogP contribution in [0.1, 0.15) is 188 Å². The maximum atomic E-state index is 12.9. The van der Waals surface area contributed by atoms with E-state index in [-0.39, 0.29) is 19.3 Å². The lowest BCUT2D eigenvalue weighted by Gasteiger charge is -2.21. The summed E-state index contributed by atoms with van der Waals surface area (Å²) in [6.07, 6.45) is 81.5. The van der Waals surface area contributed by atoms with Gasteiger partial charge in [-0.15, -0.1) is 0 Å². The van der Waals surface area contributed by atoms with E-state index in [0.29, 0.717) is 19.3 Å². The fourth-order valence-corrected chi connectivity index (χ4v) is 7.71. The van der Waals surface area contributed by atoms with Crippen molar-refractivity contribution < 1.29 is 52.2 Å². The van der Waals surface area contributed by atoms with E-state index in [2.05, 4.69) is 191 Å². The molecule has 0 fully saturated rings. The van der Waals surface area contributed by atoms with E-state index < -0.39 is 64.4 Å². The molecule has 12 heteroatoms. The highest BCUT2D eigenvalue weighted by molar-refractivity contribution is 7.47. The van der Waals surface area contributed by atoms with Crippen molar-refractivity contribution in [2.75, 3.05) is 26.4 Å². The summed E-state index contributed by atoms with van der Waals surface area (Å²) in [5.74, 6) is -1.68. The molecule has 446 valence electrons. The van der Waals surface area contributed by atoms with Crippen molar-refractivity contribution in [3.63, 3.8) is 0 Å². The van der Waals surface area contributed by atoms with Crippen LogP contribution >= 0.6 is 7.82 Å². The topological polar surface area (TPSA) is 155 Å². The molecule has 0 saturated carbocycles. The highest BCUT2D eigenvalue weighted by Gasteiger charge is 2.28. The molecule has 0 amide bonds. The standard InChI is InChI=1S/C68H103O11P/c1-4-7-10-13-16-19-22-25-28-30-32-34-37-39-42-45-48-51-54-57-66(70)75-61-65(79-68(72)59-56-53-50-47-44-41-38-35-33-31-29-26-23-20-17-14-11-8-5-2)63-77-80(73,74)76-62-64(60-69)78-67(71)58-55-52-49-46-43-40-36-27-24-21-18-15-12-9-6-3/h7-12,16-21,25-29,32-36,39,41-44,46,48,51,64-65,69H,4-6,13-15,22-24,30-31,37-38,40,45,47,49-50,52-63H2,1-3H3,(H,73,74)/b10-7-,11-8-,12-9-,19-16-,20-17-,21-18-,28-25-,29-26-,34-32-,35-33-,36-27-,42-39-,44-41-,46-43-,51-48-. The first-order valence-corrected chi connectivity index (χ1v) is 31.2. The minimum Gasteiger partial charge on any atom is -0.462 e. The zero-order chi connectivity index (χ0) is 58.3. The molecule has 0 radical (unpaired) electrons. The molecule has 0 aromatic heterocycles. The molecule has 0 aromatic carbocycles. The average Bonchev–Trinajstić information content (AvgIpc) is 3.45. The first-order valence-electron chi connectivity index (χ1n) is 29.7. The van der Waals surface area contributed by atoms with Gasteiger partial charge < -0.3 is 24.2 Å². The molecule has 80 heavy (non-hydrogen) atoms. The lowest BCUT2D eigenvalue weighted by Crippen LogP contribution is -2.30. The minimum atomic E-state index is -4.80. The second-order valence-electron chi connectivity index (χ2n) is 18.7. The van der Waals surface area contributed by atoms with Crippen molar-refractivity contribution in [3.8, 4) is 0 Å². The number of phosphoric ester groups is 1. The number of esters is 3. The monoisotopic (exact) mass is 1130 g/mol. The number of allylic oxidation sites excluding steroid dienone is 30. The first kappa shape index (κ1) is 74.6. The van der Waals surface area contributed by atoms with Crippen molar-refractivity contribution >= 4 is 25.7 Å². The van der Waals surface area contributed by atoms with Gasteiger partial charge in [-0.05, 0) is 141 Å². The zero-order valence-electron chi connectivity index (χ0n) is 49.2. The van der Waals surface area contributed by atoms with E-state index in [9.17, 15) is 28.9 Å². The van der Waals surface area contributed by atoms with Crippen LogP contribution in [0.3, 0.4) is 0 Å². The Bertz CT molecular complexity index is 2040. The summed E-state index contributed by atoms with van der Waals surface area (Å²) < 4.78 is 39.4. The highest BCUT2D eigenvalue weighted by atomic mass is 31.2. The number of rotatable bonds is 52. The quantitative estimate of drug-likeness (QED) is 0.0197. The highest BCUT2D eigenvalue weighted by Crippen LogP contribution is 2.43. The smallest absolute Gasteiger partial charge is 0.462 e. The van der Waals surface area contributed by atoms with Crippen LogP contribution in [0, 0.1) is 0 Å². The van der Waals surface area contributed by atoms with Crippen molar-refractivity contribution in [2.24, 2.45) is 0 Å². The third-order valence-electron chi connectivity index (χ3n) is 11.3. The summed E-state index contributed by atoms with van der Waals surface area (Å²) in [6.45, 7) is 4.10. The number of carbonyl (C=O) groups excluding carboxylic acids is 3. The molecule has 3 unspecified atom stereocenters. The normalized spacial score (nSPS) is 14.6. The Morgan fingerprint density at radius 3 is 0.988 bits per heavy atom. The van der Waals surface area contributed by atoms with Crippen molar-refractivity contribution in [1.29, 1.82) is 0 Å². The SMILES string of the molecule is CC/C=C\C/C=C\C/C=C\C/C=C\C/C=C\C/C=C\CCC(=O)OCC(COP(=O)(O)OCC(CO)OC(=O)CCCC/C=C\C/C=C\C/C=C\C/C=C\CC)OC(=O)CCCCC/C=C\C/C=C\C/C=C\C/C=C\C/C=C\CC. The molecular weight excluding hydrogens is 1020 g/mol. The number of hydrogen-bond acceptors (Lipinski definition) is 10. The van der Waals surface area contributed by atoms with Gasteiger partial charge >= 0.3 is 25.7 Å². The summed E-state index contributed by atoms with van der Waals surface area (Å²) >= 11 is 0. The molecule has 11 nitrogen and oxygen atoms in total. The Balaban J connectivity index is 4.97. The van der Waals surface area contributed by atoms with E-state index in [0.717, 1.165) is 128 Å². The average molecular weight is 1130 g/mol. The molecule has 0 aliphatic heterocycles. The first-order chi connectivity index (χ1) is 39.2. The van der Waals surface area contributed by atoms with Gasteiger partial charge in [0, 0.05) is 19.3 Å². The van der Waals surface area contributed by atoms with Gasteiger partial charge in [-0.3, -0.25) is 23.4 Å². The predicted octanol–water partition coefficient (Wildman–Crippen LogP) is 18.0. The summed E-state index contributed by atoms with van der Waals surface area (Å²) in [4.78, 5) is 48.6. The van der Waals surface area contributed by atoms with Crippen LogP contribution in [0.5, 0.6) is 0 Å². The van der Waals surface area contributed by atoms with Gasteiger partial charge in [-0.25, -0.2) is 4.57 Å². The Morgan fingerprint density at radius 2 is 0.637 bits per heavy atom. The van der Waals surface area contributed by atoms with Crippen molar-refractivity contribution in [1.82, 2.24) is 0 Å². The fraction of sp³-hybridized carbons (Fsp3) is 0.515. The second-order valence-corrected chi connectivity index (χ2v) is 20.1. The number of ether oxygens (including phenoxy) is 3. The van der Waals surface area contributed by atoms with Crippen LogP contribution in [0.25, 0.3) is 0 Å². The van der Waals surface area contributed by atoms with Crippen molar-refractivity contribution in [3.05, 3.63) is 182 Å². The molecule has 3 atom stereocenters. The Hall–Kier alpha value is -5.42. The Labute approximate surface area is 484 Å². The zero-order valence-corrected chi connectivity index (χ0v) is 50.1. The third-order valence-corrected chi connectivity index (χ3v) is 12.3. The molecule has 0 saturated heterocycles. The number of aliphatic hydroxyl groups excluding tert-OH is 1. The van der Waals surface area contributed by atoms with Crippen LogP contribution in [0.4, 0.5) is 0 Å². The summed E-state index contributed by atoms with van der Waals surface area (Å²) in [6, 6.07) is 0. The molecule has 0 aromatic rings. The third kappa shape index (κ3) is 57.3. The molecular formula is C68H103O11P.